The summed E-state index contributed by atoms with van der Waals surface area (Å²) in [5, 5.41) is 4.40. The van der Waals surface area contributed by atoms with Gasteiger partial charge in [-0.2, -0.15) is 0 Å². The summed E-state index contributed by atoms with van der Waals surface area (Å²) < 4.78 is 6.69. The molecule has 1 atom stereocenters. The van der Waals surface area contributed by atoms with Crippen molar-refractivity contribution in [2.75, 3.05) is 6.54 Å². The smallest absolute Gasteiger partial charge is 0.105 e. The fourth-order valence-corrected chi connectivity index (χ4v) is 3.26. The number of nitrogens with one attached hydrogen (secondary N) is 1. The molecule has 0 aliphatic carbocycles. The zero-order valence-corrected chi connectivity index (χ0v) is 15.0. The Morgan fingerprint density at radius 2 is 2.05 bits per heavy atom. The Morgan fingerprint density at radius 3 is 2.62 bits per heavy atom. The lowest BCUT2D eigenvalue weighted by Gasteiger charge is -2.19. The molecule has 2 nitrogen and oxygen atoms in total. The van der Waals surface area contributed by atoms with Crippen molar-refractivity contribution in [2.24, 2.45) is 0 Å². The van der Waals surface area contributed by atoms with Crippen LogP contribution in [0.15, 0.2) is 33.2 Å². The molecule has 114 valence electrons. The molecule has 0 aliphatic heterocycles. The first-order chi connectivity index (χ1) is 10.0. The fourth-order valence-electron chi connectivity index (χ4n) is 2.51. The number of halogens is 2. The molecular weight excluding hydrogens is 350 g/mol. The molecule has 1 aromatic carbocycles. The molecular formula is C17H21BrClNO. The van der Waals surface area contributed by atoms with Crippen molar-refractivity contribution in [1.82, 2.24) is 5.32 Å². The van der Waals surface area contributed by atoms with Crippen LogP contribution in [0.25, 0.3) is 0 Å². The summed E-state index contributed by atoms with van der Waals surface area (Å²) in [6.45, 7) is 7.15. The van der Waals surface area contributed by atoms with Gasteiger partial charge in [-0.15, -0.1) is 0 Å². The third-order valence-electron chi connectivity index (χ3n) is 3.53. The van der Waals surface area contributed by atoms with E-state index >= 15 is 0 Å². The van der Waals surface area contributed by atoms with E-state index in [0.29, 0.717) is 0 Å². The molecule has 1 N–H and O–H groups in total. The number of rotatable bonds is 6. The Kier molecular flexibility index (Phi) is 5.91. The third-order valence-corrected chi connectivity index (χ3v) is 4.38. The van der Waals surface area contributed by atoms with Crippen LogP contribution in [-0.4, -0.2) is 6.54 Å². The van der Waals surface area contributed by atoms with E-state index in [1.165, 1.54) is 5.56 Å². The SMILES string of the molecule is CCCNC(Cc1ccc(Br)cc1Cl)c1cc(C)oc1C. The zero-order chi connectivity index (χ0) is 15.4. The molecule has 0 saturated heterocycles. The lowest BCUT2D eigenvalue weighted by molar-refractivity contribution is 0.480. The van der Waals surface area contributed by atoms with E-state index in [9.17, 15) is 0 Å². The molecule has 21 heavy (non-hydrogen) atoms. The summed E-state index contributed by atoms with van der Waals surface area (Å²) in [6.07, 6.45) is 1.95. The van der Waals surface area contributed by atoms with Gasteiger partial charge in [0.15, 0.2) is 0 Å². The summed E-state index contributed by atoms with van der Waals surface area (Å²) >= 11 is 9.81. The Bertz CT molecular complexity index is 609. The Balaban J connectivity index is 2.26. The molecule has 1 aromatic heterocycles. The topological polar surface area (TPSA) is 25.2 Å². The van der Waals surface area contributed by atoms with Gasteiger partial charge in [-0.3, -0.25) is 0 Å². The lowest BCUT2D eigenvalue weighted by atomic mass is 9.99. The van der Waals surface area contributed by atoms with Gasteiger partial charge in [0.25, 0.3) is 0 Å². The average molecular weight is 371 g/mol. The van der Waals surface area contributed by atoms with E-state index in [1.807, 2.05) is 26.0 Å². The van der Waals surface area contributed by atoms with Crippen molar-refractivity contribution in [2.45, 2.75) is 39.7 Å². The molecule has 0 fully saturated rings. The normalized spacial score (nSPS) is 12.6. The Labute approximate surface area is 140 Å². The number of aryl methyl sites for hydroxylation is 2. The monoisotopic (exact) mass is 369 g/mol. The number of hydrogen-bond donors (Lipinski definition) is 1. The molecule has 0 saturated carbocycles. The molecule has 2 rings (SSSR count). The van der Waals surface area contributed by atoms with Crippen LogP contribution < -0.4 is 5.32 Å². The van der Waals surface area contributed by atoms with Gasteiger partial charge >= 0.3 is 0 Å². The number of furan rings is 1. The highest BCUT2D eigenvalue weighted by Gasteiger charge is 2.18. The van der Waals surface area contributed by atoms with Crippen LogP contribution in [0.2, 0.25) is 5.02 Å². The molecule has 1 unspecified atom stereocenters. The van der Waals surface area contributed by atoms with Gasteiger partial charge < -0.3 is 9.73 Å². The Morgan fingerprint density at radius 1 is 1.29 bits per heavy atom. The lowest BCUT2D eigenvalue weighted by Crippen LogP contribution is -2.24. The van der Waals surface area contributed by atoms with Crippen LogP contribution >= 0.6 is 27.5 Å². The van der Waals surface area contributed by atoms with E-state index in [1.54, 1.807) is 0 Å². The predicted octanol–water partition coefficient (Wildman–Crippen LogP) is 5.60. The van der Waals surface area contributed by atoms with Crippen LogP contribution in [-0.2, 0) is 6.42 Å². The van der Waals surface area contributed by atoms with Gasteiger partial charge in [0.2, 0.25) is 0 Å². The van der Waals surface area contributed by atoms with Gasteiger partial charge in [-0.25, -0.2) is 0 Å². The van der Waals surface area contributed by atoms with Crippen LogP contribution in [0.5, 0.6) is 0 Å². The number of hydrogen-bond acceptors (Lipinski definition) is 2. The van der Waals surface area contributed by atoms with Gasteiger partial charge in [0, 0.05) is 21.1 Å². The first kappa shape index (κ1) is 16.6. The second-order valence-electron chi connectivity index (χ2n) is 5.32. The summed E-state index contributed by atoms with van der Waals surface area (Å²) in [6, 6.07) is 8.40. The van der Waals surface area contributed by atoms with Gasteiger partial charge in [0.05, 0.1) is 0 Å². The summed E-state index contributed by atoms with van der Waals surface area (Å²) in [5.74, 6) is 1.93. The molecule has 0 aliphatic rings. The van der Waals surface area contributed by atoms with Gasteiger partial charge in [0.1, 0.15) is 11.5 Å². The molecule has 0 radical (unpaired) electrons. The molecule has 1 heterocycles. The average Bonchev–Trinajstić information content (AvgIpc) is 2.76. The largest absolute Gasteiger partial charge is 0.466 e. The van der Waals surface area contributed by atoms with Crippen LogP contribution in [0, 0.1) is 13.8 Å². The maximum absolute atomic E-state index is 6.36. The minimum atomic E-state index is 0.223. The van der Waals surface area contributed by atoms with Crippen LogP contribution in [0.4, 0.5) is 0 Å². The van der Waals surface area contributed by atoms with Gasteiger partial charge in [-0.05, 0) is 57.0 Å². The molecule has 0 bridgehead atoms. The van der Waals surface area contributed by atoms with Crippen molar-refractivity contribution in [1.29, 1.82) is 0 Å². The van der Waals surface area contributed by atoms with Crippen molar-refractivity contribution < 1.29 is 4.42 Å². The third kappa shape index (κ3) is 4.35. The van der Waals surface area contributed by atoms with Crippen LogP contribution in [0.1, 0.15) is 42.0 Å². The van der Waals surface area contributed by atoms with E-state index in [2.05, 4.69) is 40.3 Å². The highest BCUT2D eigenvalue weighted by atomic mass is 79.9. The first-order valence-electron chi connectivity index (χ1n) is 7.25. The first-order valence-corrected chi connectivity index (χ1v) is 8.42. The second-order valence-corrected chi connectivity index (χ2v) is 6.64. The highest BCUT2D eigenvalue weighted by Crippen LogP contribution is 2.29. The van der Waals surface area contributed by atoms with E-state index in [0.717, 1.165) is 46.0 Å². The number of benzene rings is 1. The summed E-state index contributed by atoms with van der Waals surface area (Å²) in [7, 11) is 0. The van der Waals surface area contributed by atoms with Crippen LogP contribution in [0.3, 0.4) is 0 Å². The van der Waals surface area contributed by atoms with Crippen molar-refractivity contribution in [3.8, 4) is 0 Å². The van der Waals surface area contributed by atoms with Crippen molar-refractivity contribution in [3.63, 3.8) is 0 Å². The highest BCUT2D eigenvalue weighted by molar-refractivity contribution is 9.10. The molecule has 0 spiro atoms. The minimum absolute atomic E-state index is 0.223. The van der Waals surface area contributed by atoms with Gasteiger partial charge in [-0.1, -0.05) is 40.5 Å². The maximum Gasteiger partial charge on any atom is 0.105 e. The van der Waals surface area contributed by atoms with E-state index in [-0.39, 0.29) is 6.04 Å². The quantitative estimate of drug-likeness (QED) is 0.716. The standard InChI is InChI=1S/C17H21BrClNO/c1-4-7-20-17(15-8-11(2)21-12(15)3)9-13-5-6-14(18)10-16(13)19/h5-6,8,10,17,20H,4,7,9H2,1-3H3. The second kappa shape index (κ2) is 7.48. The van der Waals surface area contributed by atoms with Crippen molar-refractivity contribution in [3.05, 3.63) is 56.4 Å². The maximum atomic E-state index is 6.36. The Hall–Kier alpha value is -0.770. The van der Waals surface area contributed by atoms with Crippen molar-refractivity contribution >= 4 is 27.5 Å². The summed E-state index contributed by atoms with van der Waals surface area (Å²) in [5.41, 5.74) is 2.37. The summed E-state index contributed by atoms with van der Waals surface area (Å²) in [4.78, 5) is 0. The van der Waals surface area contributed by atoms with E-state index < -0.39 is 0 Å². The fraction of sp³-hybridized carbons (Fsp3) is 0.412. The van der Waals surface area contributed by atoms with E-state index in [4.69, 9.17) is 16.0 Å². The molecule has 2 aromatic rings. The predicted molar refractivity (Wildman–Crippen MR) is 92.1 cm³/mol. The molecule has 4 heteroatoms. The minimum Gasteiger partial charge on any atom is -0.466 e. The zero-order valence-electron chi connectivity index (χ0n) is 12.7. The molecule has 0 amide bonds.